The van der Waals surface area contributed by atoms with Crippen molar-refractivity contribution in [2.24, 2.45) is 0 Å². The van der Waals surface area contributed by atoms with E-state index in [1.807, 2.05) is 19.1 Å². The number of hydrogen-bond donors (Lipinski definition) is 2. The average Bonchev–Trinajstić information content (AvgIpc) is 2.63. The molecule has 2 N–H and O–H groups in total. The van der Waals surface area contributed by atoms with Crippen molar-refractivity contribution in [3.63, 3.8) is 0 Å². The first-order chi connectivity index (χ1) is 7.66. The Bertz CT molecular complexity index is 494. The molecule has 0 aliphatic carbocycles. The summed E-state index contributed by atoms with van der Waals surface area (Å²) in [5, 5.41) is 12.5. The van der Waals surface area contributed by atoms with Gasteiger partial charge >= 0.3 is 0 Å². The van der Waals surface area contributed by atoms with Crippen LogP contribution in [0.3, 0.4) is 0 Å². The van der Waals surface area contributed by atoms with E-state index in [0.29, 0.717) is 6.54 Å². The maximum absolute atomic E-state index is 9.28. The lowest BCUT2D eigenvalue weighted by molar-refractivity contribution is 0.475. The Kier molecular flexibility index (Phi) is 3.19. The zero-order valence-corrected chi connectivity index (χ0v) is 10.4. The van der Waals surface area contributed by atoms with Crippen LogP contribution in [0.2, 0.25) is 0 Å². The van der Waals surface area contributed by atoms with Crippen LogP contribution in [0, 0.1) is 6.92 Å². The lowest BCUT2D eigenvalue weighted by Gasteiger charge is -2.08. The maximum Gasteiger partial charge on any atom is 0.136 e. The van der Waals surface area contributed by atoms with Gasteiger partial charge in [0.2, 0.25) is 0 Å². The average molecular weight is 282 g/mol. The molecule has 0 aliphatic heterocycles. The van der Waals surface area contributed by atoms with E-state index in [4.69, 9.17) is 4.42 Å². The van der Waals surface area contributed by atoms with Crippen LogP contribution in [0.5, 0.6) is 5.75 Å². The summed E-state index contributed by atoms with van der Waals surface area (Å²) >= 11 is 3.40. The fourth-order valence-corrected chi connectivity index (χ4v) is 1.81. The fourth-order valence-electron chi connectivity index (χ4n) is 1.47. The highest BCUT2D eigenvalue weighted by molar-refractivity contribution is 9.10. The number of aromatic hydroxyl groups is 1. The maximum atomic E-state index is 9.28. The van der Waals surface area contributed by atoms with Gasteiger partial charge in [0.25, 0.3) is 0 Å². The van der Waals surface area contributed by atoms with E-state index < -0.39 is 0 Å². The molecule has 0 saturated heterocycles. The summed E-state index contributed by atoms with van der Waals surface area (Å²) in [6.45, 7) is 2.55. The Balaban J connectivity index is 2.08. The van der Waals surface area contributed by atoms with Gasteiger partial charge in [0.05, 0.1) is 17.3 Å². The number of furan rings is 1. The van der Waals surface area contributed by atoms with Crippen LogP contribution < -0.4 is 5.32 Å². The number of rotatable bonds is 3. The third-order valence-electron chi connectivity index (χ3n) is 2.34. The molecule has 0 bridgehead atoms. The highest BCUT2D eigenvalue weighted by atomic mass is 79.9. The molecule has 16 heavy (non-hydrogen) atoms. The van der Waals surface area contributed by atoms with Gasteiger partial charge in [-0.05, 0) is 52.7 Å². The van der Waals surface area contributed by atoms with Gasteiger partial charge < -0.3 is 14.8 Å². The smallest absolute Gasteiger partial charge is 0.136 e. The Hall–Kier alpha value is -1.42. The van der Waals surface area contributed by atoms with Gasteiger partial charge in [0, 0.05) is 5.69 Å². The minimum Gasteiger partial charge on any atom is -0.508 e. The molecule has 0 amide bonds. The van der Waals surface area contributed by atoms with Crippen molar-refractivity contribution >= 4 is 21.6 Å². The van der Waals surface area contributed by atoms with Crippen molar-refractivity contribution < 1.29 is 9.52 Å². The summed E-state index contributed by atoms with van der Waals surface area (Å²) in [5.74, 6) is 1.13. The normalized spacial score (nSPS) is 10.4. The molecule has 84 valence electrons. The standard InChI is InChI=1S/C12H12BrNO2/c1-8-6-9(15)2-3-11(8)14-7-12-10(13)4-5-16-12/h2-6,14-15H,7H2,1H3. The van der Waals surface area contributed by atoms with Crippen LogP contribution in [-0.4, -0.2) is 5.11 Å². The van der Waals surface area contributed by atoms with E-state index >= 15 is 0 Å². The second kappa shape index (κ2) is 4.61. The zero-order valence-electron chi connectivity index (χ0n) is 8.83. The van der Waals surface area contributed by atoms with E-state index in [1.54, 1.807) is 18.4 Å². The summed E-state index contributed by atoms with van der Waals surface area (Å²) in [6.07, 6.45) is 1.64. The molecule has 2 rings (SSSR count). The minimum atomic E-state index is 0.280. The molecular weight excluding hydrogens is 270 g/mol. The molecule has 2 aromatic rings. The van der Waals surface area contributed by atoms with Crippen LogP contribution in [0.15, 0.2) is 39.4 Å². The molecule has 0 atom stereocenters. The summed E-state index contributed by atoms with van der Waals surface area (Å²) < 4.78 is 6.25. The number of nitrogens with one attached hydrogen (secondary N) is 1. The molecule has 1 aromatic carbocycles. The van der Waals surface area contributed by atoms with Crippen molar-refractivity contribution in [2.75, 3.05) is 5.32 Å². The van der Waals surface area contributed by atoms with Gasteiger partial charge in [0.15, 0.2) is 0 Å². The van der Waals surface area contributed by atoms with Crippen LogP contribution in [0.1, 0.15) is 11.3 Å². The molecule has 1 aromatic heterocycles. The topological polar surface area (TPSA) is 45.4 Å². The van der Waals surface area contributed by atoms with E-state index in [1.165, 1.54) is 0 Å². The molecule has 0 saturated carbocycles. The highest BCUT2D eigenvalue weighted by Gasteiger charge is 2.04. The minimum absolute atomic E-state index is 0.280. The van der Waals surface area contributed by atoms with E-state index in [0.717, 1.165) is 21.5 Å². The fraction of sp³-hybridized carbons (Fsp3) is 0.167. The number of aryl methyl sites for hydroxylation is 1. The Morgan fingerprint density at radius 3 is 2.81 bits per heavy atom. The van der Waals surface area contributed by atoms with Gasteiger partial charge in [-0.25, -0.2) is 0 Å². The first-order valence-electron chi connectivity index (χ1n) is 4.92. The molecule has 0 aliphatic rings. The molecular formula is C12H12BrNO2. The number of halogens is 1. The first kappa shape index (κ1) is 11.1. The van der Waals surface area contributed by atoms with Gasteiger partial charge in [0.1, 0.15) is 11.5 Å². The monoisotopic (exact) mass is 281 g/mol. The Labute approximate surface area is 102 Å². The van der Waals surface area contributed by atoms with Crippen molar-refractivity contribution in [1.82, 2.24) is 0 Å². The molecule has 0 fully saturated rings. The number of phenolic OH excluding ortho intramolecular Hbond substituents is 1. The first-order valence-corrected chi connectivity index (χ1v) is 5.71. The third kappa shape index (κ3) is 2.39. The quantitative estimate of drug-likeness (QED) is 0.844. The number of benzene rings is 1. The summed E-state index contributed by atoms with van der Waals surface area (Å²) in [7, 11) is 0. The number of hydrogen-bond acceptors (Lipinski definition) is 3. The zero-order chi connectivity index (χ0) is 11.5. The Morgan fingerprint density at radius 1 is 1.38 bits per heavy atom. The van der Waals surface area contributed by atoms with Crippen molar-refractivity contribution in [1.29, 1.82) is 0 Å². The van der Waals surface area contributed by atoms with Gasteiger partial charge in [-0.2, -0.15) is 0 Å². The largest absolute Gasteiger partial charge is 0.508 e. The van der Waals surface area contributed by atoms with Crippen LogP contribution in [0.25, 0.3) is 0 Å². The van der Waals surface area contributed by atoms with Crippen LogP contribution >= 0.6 is 15.9 Å². The lowest BCUT2D eigenvalue weighted by atomic mass is 10.2. The van der Waals surface area contributed by atoms with Crippen LogP contribution in [-0.2, 0) is 6.54 Å². The summed E-state index contributed by atoms with van der Waals surface area (Å²) in [5.41, 5.74) is 1.99. The molecule has 0 radical (unpaired) electrons. The van der Waals surface area contributed by atoms with Gasteiger partial charge in [-0.15, -0.1) is 0 Å². The second-order valence-electron chi connectivity index (χ2n) is 3.54. The van der Waals surface area contributed by atoms with E-state index in [9.17, 15) is 5.11 Å². The van der Waals surface area contributed by atoms with Gasteiger partial charge in [-0.3, -0.25) is 0 Å². The number of anilines is 1. The highest BCUT2D eigenvalue weighted by Crippen LogP contribution is 2.23. The third-order valence-corrected chi connectivity index (χ3v) is 3.05. The van der Waals surface area contributed by atoms with E-state index in [-0.39, 0.29) is 5.75 Å². The summed E-state index contributed by atoms with van der Waals surface area (Å²) in [6, 6.07) is 7.09. The molecule has 4 heteroatoms. The van der Waals surface area contributed by atoms with Crippen molar-refractivity contribution in [3.8, 4) is 5.75 Å². The summed E-state index contributed by atoms with van der Waals surface area (Å²) in [4.78, 5) is 0. The molecule has 1 heterocycles. The Morgan fingerprint density at radius 2 is 2.19 bits per heavy atom. The number of phenols is 1. The molecule has 0 spiro atoms. The predicted molar refractivity (Wildman–Crippen MR) is 66.6 cm³/mol. The van der Waals surface area contributed by atoms with Gasteiger partial charge in [-0.1, -0.05) is 0 Å². The van der Waals surface area contributed by atoms with E-state index in [2.05, 4.69) is 21.2 Å². The van der Waals surface area contributed by atoms with Crippen molar-refractivity contribution in [2.45, 2.75) is 13.5 Å². The van der Waals surface area contributed by atoms with Crippen molar-refractivity contribution in [3.05, 3.63) is 46.3 Å². The molecule has 0 unspecified atom stereocenters. The lowest BCUT2D eigenvalue weighted by Crippen LogP contribution is -2.00. The SMILES string of the molecule is Cc1cc(O)ccc1NCc1occc1Br. The molecule has 3 nitrogen and oxygen atoms in total. The second-order valence-corrected chi connectivity index (χ2v) is 4.40. The predicted octanol–water partition coefficient (Wildman–Crippen LogP) is 3.67. The van der Waals surface area contributed by atoms with Crippen LogP contribution in [0.4, 0.5) is 5.69 Å².